The quantitative estimate of drug-likeness (QED) is 0.229. The summed E-state index contributed by atoms with van der Waals surface area (Å²) in [5, 5.41) is 14.8. The number of nitrogens with zero attached hydrogens (tertiary/aromatic N) is 2. The zero-order chi connectivity index (χ0) is 37.0. The van der Waals surface area contributed by atoms with Crippen molar-refractivity contribution >= 4 is 46.1 Å². The second-order valence-electron chi connectivity index (χ2n) is 15.2. The number of hydrogen-bond acceptors (Lipinski definition) is 8. The number of rotatable bonds is 12. The second kappa shape index (κ2) is 15.1. The van der Waals surface area contributed by atoms with Crippen LogP contribution < -0.4 is 16.0 Å². The van der Waals surface area contributed by atoms with E-state index in [4.69, 9.17) is 9.57 Å². The maximum Gasteiger partial charge on any atom is 0.408 e. The molecular weight excluding hydrogens is 662 g/mol. The van der Waals surface area contributed by atoms with Crippen molar-refractivity contribution in [2.75, 3.05) is 6.54 Å². The van der Waals surface area contributed by atoms with Crippen LogP contribution in [0, 0.1) is 5.41 Å². The van der Waals surface area contributed by atoms with E-state index in [1.807, 2.05) is 100 Å². The van der Waals surface area contributed by atoms with Crippen molar-refractivity contribution in [3.05, 3.63) is 83.9 Å². The molecule has 4 atom stereocenters. The summed E-state index contributed by atoms with van der Waals surface area (Å²) in [6, 6.07) is 20.0. The molecule has 0 radical (unpaired) electrons. The molecule has 1 aliphatic carbocycles. The number of benzene rings is 3. The summed E-state index contributed by atoms with van der Waals surface area (Å²) < 4.78 is 5.47. The minimum atomic E-state index is -1.08. The summed E-state index contributed by atoms with van der Waals surface area (Å²) in [6.45, 7) is 7.33. The van der Waals surface area contributed by atoms with Crippen LogP contribution in [0.5, 0.6) is 0 Å². The minimum Gasteiger partial charge on any atom is -0.445 e. The lowest BCUT2D eigenvalue weighted by Crippen LogP contribution is -2.59. The van der Waals surface area contributed by atoms with E-state index in [2.05, 4.69) is 21.1 Å². The maximum absolute atomic E-state index is 14.6. The Morgan fingerprint density at radius 3 is 2.37 bits per heavy atom. The van der Waals surface area contributed by atoms with E-state index in [0.717, 1.165) is 34.7 Å². The van der Waals surface area contributed by atoms with E-state index in [9.17, 15) is 24.0 Å². The highest BCUT2D eigenvalue weighted by Crippen LogP contribution is 2.40. The van der Waals surface area contributed by atoms with Gasteiger partial charge in [-0.25, -0.2) is 4.79 Å². The molecule has 52 heavy (non-hydrogen) atoms. The third-order valence-corrected chi connectivity index (χ3v) is 9.84. The summed E-state index contributed by atoms with van der Waals surface area (Å²) in [5.41, 5.74) is 0.515. The van der Waals surface area contributed by atoms with Crippen LogP contribution in [0.1, 0.15) is 77.3 Å². The fourth-order valence-electron chi connectivity index (χ4n) is 6.82. The van der Waals surface area contributed by atoms with E-state index in [0.29, 0.717) is 18.6 Å². The number of hydrogen-bond donors (Lipinski definition) is 3. The van der Waals surface area contributed by atoms with Crippen LogP contribution >= 0.6 is 0 Å². The molecule has 3 aliphatic rings. The van der Waals surface area contributed by atoms with Crippen molar-refractivity contribution in [2.24, 2.45) is 10.6 Å². The fraction of sp³-hybridized carbons (Fsp3) is 0.450. The molecule has 6 rings (SSSR count). The molecule has 274 valence electrons. The summed E-state index contributed by atoms with van der Waals surface area (Å²) in [6.07, 6.45) is 2.06. The molecule has 0 bridgehead atoms. The highest BCUT2D eigenvalue weighted by atomic mass is 16.7. The van der Waals surface area contributed by atoms with Gasteiger partial charge in [0.1, 0.15) is 18.7 Å². The Labute approximate surface area is 303 Å². The standard InChI is InChI=1S/C40H47N5O7/c1-5-11-30(33(46)36(48)41-29-18-19-29)42-35(47)32-22-40(21-31(44-52-40)28-17-16-26-14-9-10-15-27(26)20-28)24-45(32)37(49)34(39(2,3)4)43-38(50)51-23-25-12-7-6-8-13-25/h6-10,12-17,20,29-30,32,34H,5,11,18-19,21-24H2,1-4H3,(H,41,48)(H,42,47)(H,43,50)/t30-,32-,34+,40+/m0/s1. The molecule has 2 heterocycles. The van der Waals surface area contributed by atoms with Crippen LogP contribution in [-0.2, 0) is 35.4 Å². The lowest BCUT2D eigenvalue weighted by atomic mass is 9.85. The Balaban J connectivity index is 1.24. The summed E-state index contributed by atoms with van der Waals surface area (Å²) in [5.74, 6) is -2.54. The van der Waals surface area contributed by atoms with Gasteiger partial charge < -0.3 is 30.4 Å². The van der Waals surface area contributed by atoms with E-state index < -0.39 is 58.7 Å². The van der Waals surface area contributed by atoms with Gasteiger partial charge in [-0.1, -0.05) is 106 Å². The molecule has 2 aliphatic heterocycles. The molecule has 12 heteroatoms. The highest BCUT2D eigenvalue weighted by molar-refractivity contribution is 6.38. The SMILES string of the molecule is CCC[C@H](NC(=O)[C@@H]1C[C@]2(CC(c3ccc4ccccc4c3)=NO2)CN1C(=O)[C@@H](NC(=O)OCc1ccccc1)C(C)(C)C)C(=O)C(=O)NC1CC1. The van der Waals surface area contributed by atoms with Gasteiger partial charge in [-0.15, -0.1) is 0 Å². The zero-order valence-corrected chi connectivity index (χ0v) is 30.1. The molecule has 1 spiro atoms. The van der Waals surface area contributed by atoms with Crippen molar-refractivity contribution in [1.82, 2.24) is 20.9 Å². The smallest absolute Gasteiger partial charge is 0.408 e. The van der Waals surface area contributed by atoms with Gasteiger partial charge in [0.05, 0.1) is 18.3 Å². The van der Waals surface area contributed by atoms with Gasteiger partial charge in [-0.05, 0) is 47.1 Å². The molecule has 12 nitrogen and oxygen atoms in total. The normalized spacial score (nSPS) is 20.8. The first-order valence-corrected chi connectivity index (χ1v) is 18.0. The highest BCUT2D eigenvalue weighted by Gasteiger charge is 2.55. The number of carbonyl (C=O) groups excluding carboxylic acids is 5. The Kier molecular flexibility index (Phi) is 10.6. The van der Waals surface area contributed by atoms with E-state index in [1.54, 1.807) is 0 Å². The molecule has 4 amide bonds. The van der Waals surface area contributed by atoms with Gasteiger partial charge in [0.25, 0.3) is 5.91 Å². The largest absolute Gasteiger partial charge is 0.445 e. The number of ether oxygens (including phenoxy) is 1. The van der Waals surface area contributed by atoms with Gasteiger partial charge in [0, 0.05) is 24.4 Å². The second-order valence-corrected chi connectivity index (χ2v) is 15.2. The first kappa shape index (κ1) is 36.5. The Hall–Kier alpha value is -5.26. The lowest BCUT2D eigenvalue weighted by Gasteiger charge is -2.35. The Morgan fingerprint density at radius 1 is 0.962 bits per heavy atom. The van der Waals surface area contributed by atoms with Crippen molar-refractivity contribution < 1.29 is 33.5 Å². The number of amides is 4. The van der Waals surface area contributed by atoms with Crippen molar-refractivity contribution in [3.8, 4) is 0 Å². The molecule has 0 aromatic heterocycles. The number of alkyl carbamates (subject to hydrolysis) is 1. The van der Waals surface area contributed by atoms with Crippen LogP contribution in [0.15, 0.2) is 78.0 Å². The molecule has 1 saturated heterocycles. The van der Waals surface area contributed by atoms with E-state index in [1.165, 1.54) is 4.90 Å². The number of oxime groups is 1. The molecule has 3 aromatic carbocycles. The number of Topliss-reactive ketones (excluding diaryl/α,β-unsaturated/α-hetero) is 1. The molecule has 3 N–H and O–H groups in total. The molecule has 0 unspecified atom stereocenters. The molecule has 3 aromatic rings. The summed E-state index contributed by atoms with van der Waals surface area (Å²) in [7, 11) is 0. The zero-order valence-electron chi connectivity index (χ0n) is 30.1. The first-order chi connectivity index (χ1) is 24.9. The number of carbonyl (C=O) groups is 5. The van der Waals surface area contributed by atoms with Crippen molar-refractivity contribution in [3.63, 3.8) is 0 Å². The molecular formula is C40H47N5O7. The number of likely N-dealkylation sites (tertiary alicyclic amines) is 1. The third kappa shape index (κ3) is 8.43. The summed E-state index contributed by atoms with van der Waals surface area (Å²) >= 11 is 0. The molecule has 1 saturated carbocycles. The third-order valence-electron chi connectivity index (χ3n) is 9.84. The van der Waals surface area contributed by atoms with Crippen LogP contribution in [0.3, 0.4) is 0 Å². The van der Waals surface area contributed by atoms with Crippen molar-refractivity contribution in [1.29, 1.82) is 0 Å². The first-order valence-electron chi connectivity index (χ1n) is 18.0. The van der Waals surface area contributed by atoms with E-state index >= 15 is 0 Å². The van der Waals surface area contributed by atoms with Gasteiger partial charge in [-0.2, -0.15) is 0 Å². The van der Waals surface area contributed by atoms with Gasteiger partial charge in [-0.3, -0.25) is 19.2 Å². The minimum absolute atomic E-state index is 0.00633. The maximum atomic E-state index is 14.6. The van der Waals surface area contributed by atoms with Gasteiger partial charge in [0.15, 0.2) is 5.60 Å². The average molecular weight is 710 g/mol. The predicted octanol–water partition coefficient (Wildman–Crippen LogP) is 4.78. The van der Waals surface area contributed by atoms with Crippen LogP contribution in [0.2, 0.25) is 0 Å². The Bertz CT molecular complexity index is 1870. The number of ketones is 1. The predicted molar refractivity (Wildman–Crippen MR) is 195 cm³/mol. The Morgan fingerprint density at radius 2 is 1.67 bits per heavy atom. The van der Waals surface area contributed by atoms with Gasteiger partial charge in [0.2, 0.25) is 17.6 Å². The van der Waals surface area contributed by atoms with Crippen LogP contribution in [-0.4, -0.2) is 76.5 Å². The average Bonchev–Trinajstić information content (AvgIpc) is 3.73. The molecule has 2 fully saturated rings. The number of fused-ring (bicyclic) bond motifs is 1. The van der Waals surface area contributed by atoms with Crippen molar-refractivity contribution in [2.45, 2.75) is 103 Å². The number of nitrogens with one attached hydrogen (secondary N) is 3. The fourth-order valence-corrected chi connectivity index (χ4v) is 6.82. The van der Waals surface area contributed by atoms with Gasteiger partial charge >= 0.3 is 6.09 Å². The van der Waals surface area contributed by atoms with Crippen LogP contribution in [0.25, 0.3) is 10.8 Å². The summed E-state index contributed by atoms with van der Waals surface area (Å²) in [4.78, 5) is 75.4. The lowest BCUT2D eigenvalue weighted by molar-refractivity contribution is -0.144. The van der Waals surface area contributed by atoms with Crippen LogP contribution in [0.4, 0.5) is 4.79 Å². The topological polar surface area (TPSA) is 156 Å². The van der Waals surface area contributed by atoms with E-state index in [-0.39, 0.29) is 32.0 Å². The monoisotopic (exact) mass is 709 g/mol.